The molecule has 1 aliphatic rings. The van der Waals surface area contributed by atoms with Crippen molar-refractivity contribution in [2.24, 2.45) is 23.7 Å². The van der Waals surface area contributed by atoms with E-state index in [9.17, 15) is 4.79 Å². The fraction of sp³-hybridized carbons (Fsp3) is 0.857. The van der Waals surface area contributed by atoms with Gasteiger partial charge in [-0.25, -0.2) is 0 Å². The normalized spacial score (nSPS) is 28.5. The molecule has 0 aromatic heterocycles. The van der Waals surface area contributed by atoms with Crippen molar-refractivity contribution in [1.29, 1.82) is 0 Å². The largest absolute Gasteiger partial charge is 0.656 e. The molecule has 0 aromatic carbocycles. The molecule has 1 amide bonds. The van der Waals surface area contributed by atoms with Gasteiger partial charge >= 0.3 is 0 Å². The van der Waals surface area contributed by atoms with Crippen LogP contribution in [0, 0.1) is 30.6 Å². The Kier molecular flexibility index (Phi) is 12.3. The Balaban J connectivity index is 0. The molecule has 1 unspecified atom stereocenters. The first-order chi connectivity index (χ1) is 7.56. The minimum absolute atomic E-state index is 0. The van der Waals surface area contributed by atoms with Crippen LogP contribution in [-0.4, -0.2) is 13.0 Å². The van der Waals surface area contributed by atoms with E-state index in [0.717, 1.165) is 24.2 Å². The Morgan fingerprint density at radius 2 is 1.88 bits per heavy atom. The summed E-state index contributed by atoms with van der Waals surface area (Å²) in [7, 11) is 1.60. The quantitative estimate of drug-likeness (QED) is 0.723. The molecular formula is C14H27NOY-2. The summed E-state index contributed by atoms with van der Waals surface area (Å²) in [5, 5.41) is 3.74. The van der Waals surface area contributed by atoms with Gasteiger partial charge in [0.05, 0.1) is 5.91 Å². The summed E-state index contributed by atoms with van der Waals surface area (Å²) in [6.45, 7) is 11.6. The number of rotatable bonds is 3. The maximum Gasteiger partial charge on any atom is 0.0538 e. The van der Waals surface area contributed by atoms with E-state index in [0.29, 0.717) is 0 Å². The molecule has 1 fully saturated rings. The first-order valence-electron chi connectivity index (χ1n) is 6.40. The Labute approximate surface area is 133 Å². The molecule has 0 aromatic rings. The number of hydrogen-bond donors (Lipinski definition) is 0. The van der Waals surface area contributed by atoms with Crippen LogP contribution in [0.3, 0.4) is 0 Å². The molecule has 1 aliphatic carbocycles. The molecule has 0 spiro atoms. The molecule has 1 radical (unpaired) electrons. The van der Waals surface area contributed by atoms with Gasteiger partial charge < -0.3 is 17.0 Å². The van der Waals surface area contributed by atoms with Crippen molar-refractivity contribution in [2.45, 2.75) is 47.0 Å². The molecule has 4 atom stereocenters. The molecule has 17 heavy (non-hydrogen) atoms. The molecule has 0 heterocycles. The monoisotopic (exact) mass is 314 g/mol. The Morgan fingerprint density at radius 3 is 2.24 bits per heavy atom. The van der Waals surface area contributed by atoms with E-state index < -0.39 is 0 Å². The average molecular weight is 314 g/mol. The Bertz CT molecular complexity index is 208. The van der Waals surface area contributed by atoms with Gasteiger partial charge in [-0.1, -0.05) is 27.2 Å². The van der Waals surface area contributed by atoms with E-state index in [1.54, 1.807) is 14.0 Å². The van der Waals surface area contributed by atoms with Crippen LogP contribution in [0.15, 0.2) is 0 Å². The van der Waals surface area contributed by atoms with Gasteiger partial charge in [0.15, 0.2) is 0 Å². The molecule has 0 bridgehead atoms. The first-order valence-corrected chi connectivity index (χ1v) is 6.40. The van der Waals surface area contributed by atoms with Crippen LogP contribution in [0.1, 0.15) is 47.0 Å². The molecule has 3 heteroatoms. The molecule has 2 nitrogen and oxygen atoms in total. The second kappa shape index (κ2) is 10.5. The third kappa shape index (κ3) is 6.33. The van der Waals surface area contributed by atoms with Crippen molar-refractivity contribution >= 4 is 5.91 Å². The van der Waals surface area contributed by atoms with E-state index in [2.05, 4.69) is 26.1 Å². The zero-order valence-electron chi connectivity index (χ0n) is 12.1. The van der Waals surface area contributed by atoms with Gasteiger partial charge in [0, 0.05) is 32.7 Å². The van der Waals surface area contributed by atoms with Gasteiger partial charge in [0.2, 0.25) is 0 Å². The minimum Gasteiger partial charge on any atom is -0.656 e. The zero-order chi connectivity index (χ0) is 12.7. The smallest absolute Gasteiger partial charge is 0.0538 e. The topological polar surface area (TPSA) is 31.2 Å². The molecule has 0 saturated heterocycles. The van der Waals surface area contributed by atoms with Crippen LogP contribution in [0.4, 0.5) is 0 Å². The third-order valence-electron chi connectivity index (χ3n) is 3.93. The minimum atomic E-state index is 0. The molecule has 1 rings (SSSR count). The predicted molar refractivity (Wildman–Crippen MR) is 70.2 cm³/mol. The summed E-state index contributed by atoms with van der Waals surface area (Å²) >= 11 is 0. The molecule has 99 valence electrons. The summed E-state index contributed by atoms with van der Waals surface area (Å²) in [4.78, 5) is 11.3. The summed E-state index contributed by atoms with van der Waals surface area (Å²) in [5.41, 5.74) is 0. The van der Waals surface area contributed by atoms with Crippen LogP contribution >= 0.6 is 0 Å². The second-order valence-electron chi connectivity index (χ2n) is 4.87. The van der Waals surface area contributed by atoms with Crippen LogP contribution in [0.2, 0.25) is 0 Å². The van der Waals surface area contributed by atoms with Crippen molar-refractivity contribution in [3.63, 3.8) is 0 Å². The number of carbonyl (C=O) groups excluding carboxylic acids is 1. The van der Waals surface area contributed by atoms with Crippen LogP contribution in [0.25, 0.3) is 5.32 Å². The number of nitrogens with zero attached hydrogens (tertiary/aromatic N) is 1. The Hall–Kier alpha value is 0.574. The van der Waals surface area contributed by atoms with Gasteiger partial charge in [0.1, 0.15) is 0 Å². The van der Waals surface area contributed by atoms with E-state index in [4.69, 9.17) is 0 Å². The second-order valence-corrected chi connectivity index (χ2v) is 4.87. The maximum atomic E-state index is 11.3. The summed E-state index contributed by atoms with van der Waals surface area (Å²) < 4.78 is 0. The summed E-state index contributed by atoms with van der Waals surface area (Å²) in [6.07, 6.45) is 3.65. The third-order valence-corrected chi connectivity index (χ3v) is 3.93. The van der Waals surface area contributed by atoms with Gasteiger partial charge in [-0.15, -0.1) is 7.05 Å². The first kappa shape index (κ1) is 19.9. The van der Waals surface area contributed by atoms with E-state index in [1.807, 2.05) is 6.92 Å². The average Bonchev–Trinajstić information content (AvgIpc) is 2.62. The number of hydrogen-bond acceptors (Lipinski definition) is 1. The van der Waals surface area contributed by atoms with E-state index in [1.165, 1.54) is 12.8 Å². The van der Waals surface area contributed by atoms with Crippen molar-refractivity contribution in [3.05, 3.63) is 12.2 Å². The molecule has 0 N–H and O–H groups in total. The van der Waals surface area contributed by atoms with Crippen molar-refractivity contribution in [2.75, 3.05) is 7.05 Å². The molecule has 1 saturated carbocycles. The van der Waals surface area contributed by atoms with E-state index in [-0.39, 0.29) is 44.5 Å². The standard InChI is InChI=1S/C12H23NO.C2H5.Y/c1-8-5-6-11(10(8)3)7-9(2)12(14)13-4;1-2;/h8-11H,5-7H2,1-4H3,(H,13,14);1H2,2H3;/q;-1;/p-1/t8-,9?,10-,11-;;/m1../s1. The summed E-state index contributed by atoms with van der Waals surface area (Å²) in [5.74, 6) is 2.54. The van der Waals surface area contributed by atoms with Crippen LogP contribution < -0.4 is 0 Å². The zero-order valence-corrected chi connectivity index (χ0v) is 14.9. The number of carbonyl (C=O) groups is 1. The van der Waals surface area contributed by atoms with Gasteiger partial charge in [-0.05, 0) is 36.5 Å². The fourth-order valence-corrected chi connectivity index (χ4v) is 2.58. The van der Waals surface area contributed by atoms with Crippen LogP contribution in [0.5, 0.6) is 0 Å². The number of amides is 1. The van der Waals surface area contributed by atoms with Gasteiger partial charge in [0.25, 0.3) is 0 Å². The van der Waals surface area contributed by atoms with Crippen molar-refractivity contribution in [3.8, 4) is 0 Å². The van der Waals surface area contributed by atoms with Crippen molar-refractivity contribution < 1.29 is 37.5 Å². The predicted octanol–water partition coefficient (Wildman–Crippen LogP) is 4.06. The summed E-state index contributed by atoms with van der Waals surface area (Å²) in [6, 6.07) is 0. The molecular weight excluding hydrogens is 287 g/mol. The maximum absolute atomic E-state index is 11.3. The van der Waals surface area contributed by atoms with Gasteiger partial charge in [-0.3, -0.25) is 0 Å². The molecule has 0 aliphatic heterocycles. The van der Waals surface area contributed by atoms with Crippen molar-refractivity contribution in [1.82, 2.24) is 0 Å². The Morgan fingerprint density at radius 1 is 1.35 bits per heavy atom. The SMILES string of the molecule is C[N-]C(=O)C(C)C[C@H]1CC[C@@H](C)[C@H]1C.[CH2-]C.[Y]. The van der Waals surface area contributed by atoms with Crippen LogP contribution in [-0.2, 0) is 37.5 Å². The van der Waals surface area contributed by atoms with E-state index >= 15 is 0 Å². The fourth-order valence-electron chi connectivity index (χ4n) is 2.58. The van der Waals surface area contributed by atoms with Gasteiger partial charge in [-0.2, -0.15) is 6.92 Å².